The van der Waals surface area contributed by atoms with Crippen LogP contribution in [0.3, 0.4) is 0 Å². The summed E-state index contributed by atoms with van der Waals surface area (Å²) in [5.74, 6) is 0.603. The average molecular weight is 426 g/mol. The summed E-state index contributed by atoms with van der Waals surface area (Å²) < 4.78 is 10.9. The average Bonchev–Trinajstić information content (AvgIpc) is 3.20. The molecule has 2 aliphatic heterocycles. The molecule has 2 aliphatic rings. The summed E-state index contributed by atoms with van der Waals surface area (Å²) >= 11 is 0. The molecular weight excluding hydrogens is 394 g/mol. The number of hydrogen-bond donors (Lipinski definition) is 0. The highest BCUT2D eigenvalue weighted by Crippen LogP contribution is 2.23. The van der Waals surface area contributed by atoms with Crippen LogP contribution in [0.25, 0.3) is 0 Å². The second-order valence-corrected chi connectivity index (χ2v) is 8.44. The Hall–Kier alpha value is -2.64. The van der Waals surface area contributed by atoms with Crippen molar-refractivity contribution in [3.63, 3.8) is 0 Å². The lowest BCUT2D eigenvalue weighted by molar-refractivity contribution is -0.149. The van der Waals surface area contributed by atoms with Gasteiger partial charge in [0.1, 0.15) is 5.76 Å². The summed E-state index contributed by atoms with van der Waals surface area (Å²) in [6.45, 7) is 8.96. The number of rotatable bonds is 5. The molecule has 0 radical (unpaired) electrons. The van der Waals surface area contributed by atoms with Gasteiger partial charge in [-0.05, 0) is 37.6 Å². The Labute approximate surface area is 183 Å². The molecule has 0 N–H and O–H groups in total. The summed E-state index contributed by atoms with van der Waals surface area (Å²) in [5, 5.41) is 0. The molecule has 7 heteroatoms. The molecule has 2 unspecified atom stereocenters. The van der Waals surface area contributed by atoms with Crippen LogP contribution >= 0.6 is 0 Å². The summed E-state index contributed by atoms with van der Waals surface area (Å²) in [5.41, 5.74) is 1.76. The topological polar surface area (TPSA) is 66.2 Å². The van der Waals surface area contributed by atoms with Gasteiger partial charge >= 0.3 is 5.97 Å². The zero-order chi connectivity index (χ0) is 21.8. The van der Waals surface area contributed by atoms with E-state index < -0.39 is 0 Å². The molecular formula is C24H31N3O4. The number of nitrogens with zero attached hydrogens (tertiary/aromatic N) is 3. The number of ether oxygens (including phenoxy) is 1. The Kier molecular flexibility index (Phi) is 6.73. The zero-order valence-corrected chi connectivity index (χ0v) is 18.3. The molecule has 2 saturated heterocycles. The van der Waals surface area contributed by atoms with Crippen LogP contribution < -0.4 is 0 Å². The van der Waals surface area contributed by atoms with Gasteiger partial charge in [-0.15, -0.1) is 0 Å². The number of carbonyl (C=O) groups excluding carboxylic acids is 2. The highest BCUT2D eigenvalue weighted by molar-refractivity contribution is 5.95. The van der Waals surface area contributed by atoms with E-state index in [1.165, 1.54) is 0 Å². The molecule has 1 aromatic carbocycles. The van der Waals surface area contributed by atoms with E-state index in [2.05, 4.69) is 9.80 Å². The van der Waals surface area contributed by atoms with Gasteiger partial charge in [-0.25, -0.2) is 0 Å². The Balaban J connectivity index is 1.51. The van der Waals surface area contributed by atoms with Gasteiger partial charge in [-0.2, -0.15) is 0 Å². The normalized spacial score (nSPS) is 22.6. The zero-order valence-electron chi connectivity index (χ0n) is 18.3. The number of esters is 1. The van der Waals surface area contributed by atoms with Crippen molar-refractivity contribution < 1.29 is 18.7 Å². The molecule has 0 bridgehead atoms. The van der Waals surface area contributed by atoms with Crippen LogP contribution in [0, 0.1) is 12.8 Å². The first-order chi connectivity index (χ1) is 15.0. The number of hydrogen-bond acceptors (Lipinski definition) is 6. The van der Waals surface area contributed by atoms with Crippen molar-refractivity contribution in [3.05, 3.63) is 59.5 Å². The van der Waals surface area contributed by atoms with E-state index >= 15 is 0 Å². The molecule has 1 amide bonds. The van der Waals surface area contributed by atoms with E-state index in [0.717, 1.165) is 30.0 Å². The minimum Gasteiger partial charge on any atom is -0.468 e. The van der Waals surface area contributed by atoms with E-state index in [4.69, 9.17) is 9.15 Å². The third kappa shape index (κ3) is 4.99. The lowest BCUT2D eigenvalue weighted by Crippen LogP contribution is -2.57. The summed E-state index contributed by atoms with van der Waals surface area (Å²) in [4.78, 5) is 32.4. The molecule has 3 heterocycles. The largest absolute Gasteiger partial charge is 0.468 e. The quantitative estimate of drug-likeness (QED) is 0.686. The standard InChI is InChI=1S/C24H31N3O4/c1-3-30-24(29)19-13-25(17-21-8-6-12-31-21)15-20-16-27(11-10-26(20)14-19)23(28)22-9-5-4-7-18(22)2/h4-9,12,19-20H,3,10-11,13-17H2,1-2H3. The fraction of sp³-hybridized carbons (Fsp3) is 0.500. The van der Waals surface area contributed by atoms with Crippen LogP contribution in [0.4, 0.5) is 0 Å². The van der Waals surface area contributed by atoms with E-state index in [9.17, 15) is 9.59 Å². The van der Waals surface area contributed by atoms with Crippen molar-refractivity contribution in [1.82, 2.24) is 14.7 Å². The number of benzene rings is 1. The van der Waals surface area contributed by atoms with Crippen molar-refractivity contribution in [2.24, 2.45) is 5.92 Å². The first kappa shape index (κ1) is 21.6. The molecule has 2 fully saturated rings. The molecule has 4 rings (SSSR count). The van der Waals surface area contributed by atoms with Crippen molar-refractivity contribution in [3.8, 4) is 0 Å². The number of carbonyl (C=O) groups is 2. The molecule has 0 saturated carbocycles. The van der Waals surface area contributed by atoms with Gasteiger partial charge in [0.05, 0.1) is 25.3 Å². The second kappa shape index (κ2) is 9.66. The first-order valence-electron chi connectivity index (χ1n) is 11.1. The molecule has 166 valence electrons. The SMILES string of the molecule is CCOC(=O)C1CN(Cc2ccco2)CC2CN(C(=O)c3ccccc3C)CCN2C1. The molecule has 2 atom stereocenters. The molecule has 0 spiro atoms. The minimum atomic E-state index is -0.210. The molecule has 2 aromatic rings. The van der Waals surface area contributed by atoms with Crippen LogP contribution in [0.15, 0.2) is 47.1 Å². The smallest absolute Gasteiger partial charge is 0.311 e. The van der Waals surface area contributed by atoms with Crippen molar-refractivity contribution in [2.75, 3.05) is 45.9 Å². The van der Waals surface area contributed by atoms with E-state index in [0.29, 0.717) is 39.3 Å². The van der Waals surface area contributed by atoms with Gasteiger partial charge in [0.2, 0.25) is 0 Å². The third-order valence-corrected chi connectivity index (χ3v) is 6.25. The number of furan rings is 1. The Morgan fingerprint density at radius 2 is 1.90 bits per heavy atom. The molecule has 1 aromatic heterocycles. The summed E-state index contributed by atoms with van der Waals surface area (Å²) in [6.07, 6.45) is 1.67. The van der Waals surface area contributed by atoms with Gasteiger partial charge in [0, 0.05) is 50.9 Å². The maximum atomic E-state index is 13.2. The highest BCUT2D eigenvalue weighted by Gasteiger charge is 2.38. The fourth-order valence-corrected chi connectivity index (χ4v) is 4.66. The summed E-state index contributed by atoms with van der Waals surface area (Å²) in [7, 11) is 0. The maximum absolute atomic E-state index is 13.2. The first-order valence-corrected chi connectivity index (χ1v) is 11.1. The lowest BCUT2D eigenvalue weighted by atomic mass is 10.1. The molecule has 7 nitrogen and oxygen atoms in total. The van der Waals surface area contributed by atoms with Gasteiger partial charge in [0.15, 0.2) is 0 Å². The Morgan fingerprint density at radius 1 is 1.06 bits per heavy atom. The van der Waals surface area contributed by atoms with Crippen molar-refractivity contribution in [2.45, 2.75) is 26.4 Å². The predicted molar refractivity (Wildman–Crippen MR) is 117 cm³/mol. The second-order valence-electron chi connectivity index (χ2n) is 8.44. The maximum Gasteiger partial charge on any atom is 0.311 e. The van der Waals surface area contributed by atoms with E-state index in [1.807, 2.05) is 55.1 Å². The van der Waals surface area contributed by atoms with Gasteiger partial charge < -0.3 is 14.1 Å². The minimum absolute atomic E-state index is 0.0847. The van der Waals surface area contributed by atoms with E-state index in [1.54, 1.807) is 6.26 Å². The number of aryl methyl sites for hydroxylation is 1. The van der Waals surface area contributed by atoms with Crippen LogP contribution in [0.5, 0.6) is 0 Å². The van der Waals surface area contributed by atoms with Crippen LogP contribution in [0.2, 0.25) is 0 Å². The Bertz CT molecular complexity index is 898. The van der Waals surface area contributed by atoms with Gasteiger partial charge in [-0.1, -0.05) is 18.2 Å². The van der Waals surface area contributed by atoms with Crippen LogP contribution in [-0.2, 0) is 16.1 Å². The van der Waals surface area contributed by atoms with Crippen molar-refractivity contribution in [1.29, 1.82) is 0 Å². The molecule has 0 aliphatic carbocycles. The molecule has 31 heavy (non-hydrogen) atoms. The van der Waals surface area contributed by atoms with Gasteiger partial charge in [-0.3, -0.25) is 19.4 Å². The highest BCUT2D eigenvalue weighted by atomic mass is 16.5. The fourth-order valence-electron chi connectivity index (χ4n) is 4.66. The van der Waals surface area contributed by atoms with E-state index in [-0.39, 0.29) is 23.8 Å². The monoisotopic (exact) mass is 425 g/mol. The van der Waals surface area contributed by atoms with Crippen molar-refractivity contribution >= 4 is 11.9 Å². The lowest BCUT2D eigenvalue weighted by Gasteiger charge is -2.41. The number of piperazine rings is 1. The van der Waals surface area contributed by atoms with Gasteiger partial charge in [0.25, 0.3) is 5.91 Å². The van der Waals surface area contributed by atoms with Crippen LogP contribution in [-0.4, -0.2) is 78.5 Å². The van der Waals surface area contributed by atoms with Crippen LogP contribution in [0.1, 0.15) is 28.6 Å². The Morgan fingerprint density at radius 3 is 2.65 bits per heavy atom. The third-order valence-electron chi connectivity index (χ3n) is 6.25. The number of amides is 1. The predicted octanol–water partition coefficient (Wildman–Crippen LogP) is 2.41. The summed E-state index contributed by atoms with van der Waals surface area (Å²) in [6, 6.07) is 11.7. The number of fused-ring (bicyclic) bond motifs is 1.